The van der Waals surface area contributed by atoms with Crippen LogP contribution in [0.3, 0.4) is 0 Å². The van der Waals surface area contributed by atoms with Gasteiger partial charge in [-0.3, -0.25) is 0 Å². The van der Waals surface area contributed by atoms with Gasteiger partial charge in [0.1, 0.15) is 0 Å². The summed E-state index contributed by atoms with van der Waals surface area (Å²) in [5.41, 5.74) is 9.00. The highest BCUT2D eigenvalue weighted by atomic mass is 35.5. The Hall–Kier alpha value is -0.530. The van der Waals surface area contributed by atoms with Crippen LogP contribution in [-0.4, -0.2) is 0 Å². The van der Waals surface area contributed by atoms with Gasteiger partial charge in [-0.25, -0.2) is 0 Å². The minimum atomic E-state index is 0. The molecule has 17 heavy (non-hydrogen) atoms. The van der Waals surface area contributed by atoms with Crippen molar-refractivity contribution in [2.75, 3.05) is 0 Å². The number of hydrogen-bond donors (Lipinski definition) is 1. The Balaban J connectivity index is 0.00000256. The first-order chi connectivity index (χ1) is 7.30. The minimum absolute atomic E-state index is 0. The number of nitrogens with two attached hydrogens (primary N) is 1. The molecule has 1 aromatic carbocycles. The first-order valence-corrected chi connectivity index (χ1v) is 6.16. The molecule has 0 aromatic heterocycles. The van der Waals surface area contributed by atoms with Crippen LogP contribution in [0.15, 0.2) is 24.3 Å². The van der Waals surface area contributed by atoms with Crippen LogP contribution in [0.25, 0.3) is 0 Å². The van der Waals surface area contributed by atoms with Crippen LogP contribution >= 0.6 is 12.4 Å². The number of halogens is 1. The van der Waals surface area contributed by atoms with E-state index in [0.29, 0.717) is 5.92 Å². The molecular formula is C15H26ClN. The van der Waals surface area contributed by atoms with E-state index in [1.165, 1.54) is 11.1 Å². The van der Waals surface area contributed by atoms with E-state index in [4.69, 9.17) is 5.73 Å². The van der Waals surface area contributed by atoms with Crippen molar-refractivity contribution in [1.29, 1.82) is 0 Å². The zero-order valence-electron chi connectivity index (χ0n) is 11.7. The van der Waals surface area contributed by atoms with Gasteiger partial charge in [-0.05, 0) is 28.9 Å². The molecule has 0 amide bonds. The van der Waals surface area contributed by atoms with Gasteiger partial charge in [-0.2, -0.15) is 0 Å². The van der Waals surface area contributed by atoms with E-state index in [-0.39, 0.29) is 23.9 Å². The lowest BCUT2D eigenvalue weighted by molar-refractivity contribution is 0.509. The summed E-state index contributed by atoms with van der Waals surface area (Å²) in [4.78, 5) is 0. The third-order valence-corrected chi connectivity index (χ3v) is 2.93. The van der Waals surface area contributed by atoms with Crippen LogP contribution in [0.1, 0.15) is 58.2 Å². The zero-order chi connectivity index (χ0) is 12.3. The van der Waals surface area contributed by atoms with Gasteiger partial charge in [0.2, 0.25) is 0 Å². The summed E-state index contributed by atoms with van der Waals surface area (Å²) in [7, 11) is 0. The van der Waals surface area contributed by atoms with E-state index >= 15 is 0 Å². The summed E-state index contributed by atoms with van der Waals surface area (Å²) in [5.74, 6) is 0.650. The van der Waals surface area contributed by atoms with Crippen molar-refractivity contribution in [3.63, 3.8) is 0 Å². The molecule has 0 fully saturated rings. The summed E-state index contributed by atoms with van der Waals surface area (Å²) in [5, 5.41) is 0. The van der Waals surface area contributed by atoms with E-state index in [1.807, 2.05) is 0 Å². The Kier molecular flexibility index (Phi) is 6.22. The topological polar surface area (TPSA) is 26.0 Å². The summed E-state index contributed by atoms with van der Waals surface area (Å²) in [6.07, 6.45) is 1.05. The van der Waals surface area contributed by atoms with Gasteiger partial charge in [0.05, 0.1) is 0 Å². The van der Waals surface area contributed by atoms with E-state index in [0.717, 1.165) is 6.42 Å². The Morgan fingerprint density at radius 3 is 1.88 bits per heavy atom. The average Bonchev–Trinajstić information content (AvgIpc) is 2.15. The standard InChI is InChI=1S/C15H25N.ClH/c1-11(2)10-14(16)12-6-8-13(9-7-12)15(3,4)5;/h6-9,11,14H,10,16H2,1-5H3;1H/t14-;/m1./s1. The Bertz CT molecular complexity index is 322. The molecule has 0 bridgehead atoms. The quantitative estimate of drug-likeness (QED) is 0.848. The Morgan fingerprint density at radius 2 is 1.53 bits per heavy atom. The van der Waals surface area contributed by atoms with Gasteiger partial charge in [-0.15, -0.1) is 12.4 Å². The molecule has 0 aliphatic carbocycles. The lowest BCUT2D eigenvalue weighted by Crippen LogP contribution is -2.14. The van der Waals surface area contributed by atoms with Crippen molar-refractivity contribution >= 4 is 12.4 Å². The minimum Gasteiger partial charge on any atom is -0.324 e. The van der Waals surface area contributed by atoms with Crippen molar-refractivity contribution < 1.29 is 0 Å². The SMILES string of the molecule is CC(C)C[C@@H](N)c1ccc(C(C)(C)C)cc1.Cl. The van der Waals surface area contributed by atoms with Crippen LogP contribution in [0.4, 0.5) is 0 Å². The molecule has 98 valence electrons. The Morgan fingerprint density at radius 1 is 1.06 bits per heavy atom. The second-order valence-corrected chi connectivity index (χ2v) is 6.11. The van der Waals surface area contributed by atoms with Crippen LogP contribution in [0.2, 0.25) is 0 Å². The molecular weight excluding hydrogens is 230 g/mol. The molecule has 1 nitrogen and oxygen atoms in total. The zero-order valence-corrected chi connectivity index (χ0v) is 12.5. The van der Waals surface area contributed by atoms with E-state index < -0.39 is 0 Å². The van der Waals surface area contributed by atoms with Gasteiger partial charge >= 0.3 is 0 Å². The molecule has 0 spiro atoms. The highest BCUT2D eigenvalue weighted by Crippen LogP contribution is 2.25. The van der Waals surface area contributed by atoms with Gasteiger partial charge in [0.25, 0.3) is 0 Å². The van der Waals surface area contributed by atoms with E-state index in [9.17, 15) is 0 Å². The summed E-state index contributed by atoms with van der Waals surface area (Å²) in [6.45, 7) is 11.1. The average molecular weight is 256 g/mol. The predicted molar refractivity (Wildman–Crippen MR) is 78.8 cm³/mol. The van der Waals surface area contributed by atoms with Crippen LogP contribution in [0, 0.1) is 5.92 Å². The predicted octanol–water partition coefficient (Wildman–Crippen LogP) is 4.45. The molecule has 1 aromatic rings. The van der Waals surface area contributed by atoms with Gasteiger partial charge in [0.15, 0.2) is 0 Å². The Labute approximate surface area is 112 Å². The maximum Gasteiger partial charge on any atom is 0.0297 e. The normalized spacial score (nSPS) is 13.4. The van der Waals surface area contributed by atoms with Gasteiger partial charge in [-0.1, -0.05) is 58.9 Å². The molecule has 1 rings (SSSR count). The maximum absolute atomic E-state index is 6.16. The second kappa shape index (κ2) is 6.42. The highest BCUT2D eigenvalue weighted by Gasteiger charge is 2.14. The number of benzene rings is 1. The van der Waals surface area contributed by atoms with Gasteiger partial charge in [0, 0.05) is 6.04 Å². The largest absolute Gasteiger partial charge is 0.324 e. The lowest BCUT2D eigenvalue weighted by atomic mass is 9.86. The van der Waals surface area contributed by atoms with Crippen molar-refractivity contribution in [3.8, 4) is 0 Å². The molecule has 0 heterocycles. The molecule has 1 atom stereocenters. The molecule has 0 aliphatic rings. The fourth-order valence-corrected chi connectivity index (χ4v) is 1.87. The molecule has 0 radical (unpaired) electrons. The monoisotopic (exact) mass is 255 g/mol. The van der Waals surface area contributed by atoms with Crippen molar-refractivity contribution in [2.45, 2.75) is 52.5 Å². The fraction of sp³-hybridized carbons (Fsp3) is 0.600. The maximum atomic E-state index is 6.16. The van der Waals surface area contributed by atoms with Crippen LogP contribution < -0.4 is 5.73 Å². The molecule has 0 aliphatic heterocycles. The molecule has 0 unspecified atom stereocenters. The van der Waals surface area contributed by atoms with Crippen LogP contribution in [0.5, 0.6) is 0 Å². The first kappa shape index (κ1) is 16.5. The summed E-state index contributed by atoms with van der Waals surface area (Å²) in [6, 6.07) is 8.93. The van der Waals surface area contributed by atoms with Crippen LogP contribution in [-0.2, 0) is 5.41 Å². The van der Waals surface area contributed by atoms with E-state index in [2.05, 4.69) is 58.9 Å². The fourth-order valence-electron chi connectivity index (χ4n) is 1.87. The van der Waals surface area contributed by atoms with Crippen molar-refractivity contribution in [3.05, 3.63) is 35.4 Å². The molecule has 2 N–H and O–H groups in total. The number of rotatable bonds is 3. The van der Waals surface area contributed by atoms with Gasteiger partial charge < -0.3 is 5.73 Å². The molecule has 0 saturated heterocycles. The third kappa shape index (κ3) is 5.10. The molecule has 0 saturated carbocycles. The second-order valence-electron chi connectivity index (χ2n) is 6.11. The summed E-state index contributed by atoms with van der Waals surface area (Å²) < 4.78 is 0. The van der Waals surface area contributed by atoms with E-state index in [1.54, 1.807) is 0 Å². The summed E-state index contributed by atoms with van der Waals surface area (Å²) >= 11 is 0. The smallest absolute Gasteiger partial charge is 0.0297 e. The highest BCUT2D eigenvalue weighted by molar-refractivity contribution is 5.85. The van der Waals surface area contributed by atoms with Crippen molar-refractivity contribution in [1.82, 2.24) is 0 Å². The van der Waals surface area contributed by atoms with Crippen molar-refractivity contribution in [2.24, 2.45) is 11.7 Å². The first-order valence-electron chi connectivity index (χ1n) is 6.16. The third-order valence-electron chi connectivity index (χ3n) is 2.93. The number of hydrogen-bond acceptors (Lipinski definition) is 1. The lowest BCUT2D eigenvalue weighted by Gasteiger charge is -2.20. The molecule has 2 heteroatoms.